The Morgan fingerprint density at radius 3 is 2.43 bits per heavy atom. The summed E-state index contributed by atoms with van der Waals surface area (Å²) in [6.45, 7) is 5.00. The Bertz CT molecular complexity index is 779. The summed E-state index contributed by atoms with van der Waals surface area (Å²) in [6, 6.07) is 4.81. The summed E-state index contributed by atoms with van der Waals surface area (Å²) in [4.78, 5) is 15.0. The highest BCUT2D eigenvalue weighted by atomic mass is 35.5. The molecule has 1 aromatic carbocycles. The Balaban J connectivity index is 0.00000280. The van der Waals surface area contributed by atoms with Crippen molar-refractivity contribution in [1.82, 2.24) is 14.5 Å². The van der Waals surface area contributed by atoms with E-state index < -0.39 is 10.0 Å². The monoisotopic (exact) mass is 431 g/mol. The molecule has 2 fully saturated rings. The molecule has 1 amide bonds. The van der Waals surface area contributed by atoms with Gasteiger partial charge in [0.15, 0.2) is 0 Å². The predicted octanol–water partition coefficient (Wildman–Crippen LogP) is 2.12. The van der Waals surface area contributed by atoms with Gasteiger partial charge in [0, 0.05) is 38.8 Å². The third kappa shape index (κ3) is 4.97. The number of amides is 1. The fraction of sp³-hybridized carbons (Fsp3) is 0.632. The number of sulfonamides is 1. The maximum Gasteiger partial charge on any atom is 0.257 e. The number of nitrogens with one attached hydrogen (secondary N) is 1. The topological polar surface area (TPSA) is 79.0 Å². The van der Waals surface area contributed by atoms with Crippen LogP contribution >= 0.6 is 12.4 Å². The molecule has 1 atom stereocenters. The molecule has 1 N–H and O–H groups in total. The third-order valence-corrected chi connectivity index (χ3v) is 7.15. The molecule has 0 spiro atoms. The van der Waals surface area contributed by atoms with E-state index in [0.717, 1.165) is 32.2 Å². The molecule has 0 radical (unpaired) electrons. The molecule has 9 heteroatoms. The van der Waals surface area contributed by atoms with E-state index >= 15 is 0 Å². The predicted molar refractivity (Wildman–Crippen MR) is 111 cm³/mol. The smallest absolute Gasteiger partial charge is 0.257 e. The first-order chi connectivity index (χ1) is 12.9. The van der Waals surface area contributed by atoms with E-state index in [4.69, 9.17) is 4.74 Å². The van der Waals surface area contributed by atoms with Gasteiger partial charge in [0.1, 0.15) is 5.75 Å². The average molecular weight is 432 g/mol. The maximum atomic E-state index is 13.1. The first-order valence-corrected chi connectivity index (χ1v) is 11.1. The van der Waals surface area contributed by atoms with Gasteiger partial charge in [0.05, 0.1) is 17.6 Å². The van der Waals surface area contributed by atoms with Gasteiger partial charge in [-0.3, -0.25) is 4.79 Å². The highest BCUT2D eigenvalue weighted by Crippen LogP contribution is 2.27. The van der Waals surface area contributed by atoms with Crippen LogP contribution < -0.4 is 10.1 Å². The SMILES string of the molecule is COc1ccc(S(=O)(=O)N2CCCCCC2)cc1C(=O)N1CCNC(C)C1.Cl. The molecule has 0 saturated carbocycles. The Morgan fingerprint density at radius 2 is 1.82 bits per heavy atom. The summed E-state index contributed by atoms with van der Waals surface area (Å²) in [6.07, 6.45) is 3.86. The minimum atomic E-state index is -3.61. The van der Waals surface area contributed by atoms with E-state index in [2.05, 4.69) is 5.32 Å². The number of hydrogen-bond donors (Lipinski definition) is 1. The number of methoxy groups -OCH3 is 1. The lowest BCUT2D eigenvalue weighted by Crippen LogP contribution is -2.51. The van der Waals surface area contributed by atoms with E-state index in [1.54, 1.807) is 15.3 Å². The van der Waals surface area contributed by atoms with Gasteiger partial charge < -0.3 is 15.0 Å². The van der Waals surface area contributed by atoms with Crippen LogP contribution in [0.3, 0.4) is 0 Å². The second kappa shape index (κ2) is 9.91. The van der Waals surface area contributed by atoms with Crippen molar-refractivity contribution in [3.63, 3.8) is 0 Å². The number of hydrogen-bond acceptors (Lipinski definition) is 5. The zero-order valence-corrected chi connectivity index (χ0v) is 18.2. The van der Waals surface area contributed by atoms with Crippen LogP contribution in [0.25, 0.3) is 0 Å². The number of halogens is 1. The van der Waals surface area contributed by atoms with Crippen LogP contribution in [0.5, 0.6) is 5.75 Å². The highest BCUT2D eigenvalue weighted by molar-refractivity contribution is 7.89. The molecule has 2 aliphatic rings. The molecule has 2 aliphatic heterocycles. The maximum absolute atomic E-state index is 13.1. The van der Waals surface area contributed by atoms with Crippen LogP contribution in [-0.2, 0) is 10.0 Å². The van der Waals surface area contributed by atoms with Gasteiger partial charge in [-0.05, 0) is 38.0 Å². The lowest BCUT2D eigenvalue weighted by Gasteiger charge is -2.32. The zero-order chi connectivity index (χ0) is 19.4. The number of ether oxygens (including phenoxy) is 1. The second-order valence-electron chi connectivity index (χ2n) is 7.29. The molecule has 1 unspecified atom stereocenters. The molecule has 0 bridgehead atoms. The van der Waals surface area contributed by atoms with Crippen LogP contribution in [0.1, 0.15) is 43.0 Å². The van der Waals surface area contributed by atoms with Gasteiger partial charge in [0.2, 0.25) is 10.0 Å². The van der Waals surface area contributed by atoms with Crippen molar-refractivity contribution >= 4 is 28.3 Å². The molecule has 1 aromatic rings. The van der Waals surface area contributed by atoms with Crippen LogP contribution in [0.15, 0.2) is 23.1 Å². The Labute approximate surface area is 173 Å². The average Bonchev–Trinajstić information content (AvgIpc) is 2.97. The zero-order valence-electron chi connectivity index (χ0n) is 16.5. The first kappa shape index (κ1) is 22.9. The molecule has 2 saturated heterocycles. The fourth-order valence-corrected chi connectivity index (χ4v) is 5.28. The van der Waals surface area contributed by atoms with Crippen molar-refractivity contribution in [3.8, 4) is 5.75 Å². The quantitative estimate of drug-likeness (QED) is 0.789. The molecule has 28 heavy (non-hydrogen) atoms. The van der Waals surface area contributed by atoms with E-state index in [0.29, 0.717) is 37.5 Å². The number of benzene rings is 1. The van der Waals surface area contributed by atoms with E-state index in [-0.39, 0.29) is 29.3 Å². The van der Waals surface area contributed by atoms with Gasteiger partial charge in [-0.25, -0.2) is 8.42 Å². The van der Waals surface area contributed by atoms with Crippen molar-refractivity contribution in [3.05, 3.63) is 23.8 Å². The molecular formula is C19H30ClN3O4S. The van der Waals surface area contributed by atoms with E-state index in [9.17, 15) is 13.2 Å². The Kier molecular flexibility index (Phi) is 8.12. The standard InChI is InChI=1S/C19H29N3O4S.ClH/c1-15-14-21(12-9-20-15)19(23)17-13-16(7-8-18(17)26-2)27(24,25)22-10-5-3-4-6-11-22;/h7-8,13,15,20H,3-6,9-12,14H2,1-2H3;1H. The van der Waals surface area contributed by atoms with Gasteiger partial charge in [0.25, 0.3) is 5.91 Å². The van der Waals surface area contributed by atoms with E-state index in [1.165, 1.54) is 19.2 Å². The van der Waals surface area contributed by atoms with E-state index in [1.807, 2.05) is 6.92 Å². The van der Waals surface area contributed by atoms with Crippen molar-refractivity contribution in [2.75, 3.05) is 39.8 Å². The number of rotatable bonds is 4. The number of carbonyl (C=O) groups excluding carboxylic acids is 1. The van der Waals surface area contributed by atoms with Crippen LogP contribution in [0.2, 0.25) is 0 Å². The van der Waals surface area contributed by atoms with Gasteiger partial charge >= 0.3 is 0 Å². The summed E-state index contributed by atoms with van der Waals surface area (Å²) in [5, 5.41) is 3.30. The normalized spacial score (nSPS) is 21.5. The number of nitrogens with zero attached hydrogens (tertiary/aromatic N) is 2. The van der Waals surface area contributed by atoms with Gasteiger partial charge in [-0.1, -0.05) is 12.8 Å². The first-order valence-electron chi connectivity index (χ1n) is 9.64. The largest absolute Gasteiger partial charge is 0.496 e. The fourth-order valence-electron chi connectivity index (χ4n) is 3.73. The molecule has 0 aliphatic carbocycles. The van der Waals surface area contributed by atoms with Crippen LogP contribution in [0.4, 0.5) is 0 Å². The minimum absolute atomic E-state index is 0. The Hall–Kier alpha value is -1.35. The second-order valence-corrected chi connectivity index (χ2v) is 9.22. The number of carbonyl (C=O) groups is 1. The minimum Gasteiger partial charge on any atom is -0.496 e. The lowest BCUT2D eigenvalue weighted by molar-refractivity contribution is 0.0705. The van der Waals surface area contributed by atoms with Crippen molar-refractivity contribution < 1.29 is 17.9 Å². The van der Waals surface area contributed by atoms with Crippen LogP contribution in [-0.4, -0.2) is 69.4 Å². The summed E-state index contributed by atoms with van der Waals surface area (Å²) in [5.41, 5.74) is 0.308. The summed E-state index contributed by atoms with van der Waals surface area (Å²) in [7, 11) is -2.12. The van der Waals surface area contributed by atoms with Gasteiger partial charge in [-0.2, -0.15) is 4.31 Å². The summed E-state index contributed by atoms with van der Waals surface area (Å²) in [5.74, 6) is 0.217. The lowest BCUT2D eigenvalue weighted by atomic mass is 10.1. The molecule has 0 aromatic heterocycles. The third-order valence-electron chi connectivity index (χ3n) is 5.26. The number of piperazine rings is 1. The summed E-state index contributed by atoms with van der Waals surface area (Å²) < 4.78 is 33.1. The van der Waals surface area contributed by atoms with Crippen molar-refractivity contribution in [2.45, 2.75) is 43.5 Å². The Morgan fingerprint density at radius 1 is 1.14 bits per heavy atom. The molecule has 158 valence electrons. The van der Waals surface area contributed by atoms with Crippen molar-refractivity contribution in [1.29, 1.82) is 0 Å². The van der Waals surface area contributed by atoms with Crippen molar-refractivity contribution in [2.24, 2.45) is 0 Å². The highest BCUT2D eigenvalue weighted by Gasteiger charge is 2.29. The van der Waals surface area contributed by atoms with Gasteiger partial charge in [-0.15, -0.1) is 12.4 Å². The molecule has 3 rings (SSSR count). The summed E-state index contributed by atoms with van der Waals surface area (Å²) >= 11 is 0. The molecule has 2 heterocycles. The molecule has 7 nitrogen and oxygen atoms in total. The molecular weight excluding hydrogens is 402 g/mol. The van der Waals surface area contributed by atoms with Crippen LogP contribution in [0, 0.1) is 0 Å².